The second-order valence-electron chi connectivity index (χ2n) is 5.84. The summed E-state index contributed by atoms with van der Waals surface area (Å²) in [5, 5.41) is 10.8. The van der Waals surface area contributed by atoms with Gasteiger partial charge in [-0.15, -0.1) is 0 Å². The van der Waals surface area contributed by atoms with Crippen molar-refractivity contribution < 1.29 is 0 Å². The van der Waals surface area contributed by atoms with Crippen LogP contribution in [0.1, 0.15) is 60.8 Å². The molecule has 1 atom stereocenters. The Bertz CT molecular complexity index is 533. The first kappa shape index (κ1) is 14.8. The minimum absolute atomic E-state index is 0.338. The van der Waals surface area contributed by atoms with Crippen LogP contribution in [0.3, 0.4) is 0 Å². The normalized spacial score (nSPS) is 12.9. The van der Waals surface area contributed by atoms with Crippen molar-refractivity contribution in [2.24, 2.45) is 0 Å². The molecule has 2 rings (SSSR count). The number of aromatic nitrogens is 2. The summed E-state index contributed by atoms with van der Waals surface area (Å²) in [6.07, 6.45) is 0. The molecule has 1 aromatic carbocycles. The number of aryl methyl sites for hydroxylation is 2. The van der Waals surface area contributed by atoms with Gasteiger partial charge in [0.15, 0.2) is 0 Å². The molecule has 2 N–H and O–H groups in total. The van der Waals surface area contributed by atoms with Crippen molar-refractivity contribution in [1.29, 1.82) is 0 Å². The van der Waals surface area contributed by atoms with E-state index in [4.69, 9.17) is 0 Å². The molecule has 0 amide bonds. The van der Waals surface area contributed by atoms with Gasteiger partial charge < -0.3 is 5.32 Å². The molecule has 1 aromatic heterocycles. The minimum atomic E-state index is 0.338. The van der Waals surface area contributed by atoms with E-state index >= 15 is 0 Å². The number of benzene rings is 1. The van der Waals surface area contributed by atoms with E-state index in [9.17, 15) is 0 Å². The van der Waals surface area contributed by atoms with Gasteiger partial charge in [0.2, 0.25) is 0 Å². The van der Waals surface area contributed by atoms with Gasteiger partial charge in [-0.3, -0.25) is 5.10 Å². The molecule has 3 heteroatoms. The van der Waals surface area contributed by atoms with E-state index in [-0.39, 0.29) is 0 Å². The minimum Gasteiger partial charge on any atom is -0.306 e. The number of H-pyrrole nitrogens is 1. The number of nitrogens with one attached hydrogen (secondary N) is 2. The van der Waals surface area contributed by atoms with E-state index < -0.39 is 0 Å². The molecule has 0 bridgehead atoms. The molecular weight excluding hydrogens is 246 g/mol. The van der Waals surface area contributed by atoms with Crippen LogP contribution in [0.25, 0.3) is 0 Å². The van der Waals surface area contributed by atoms with Gasteiger partial charge in [-0.2, -0.15) is 5.10 Å². The number of aromatic amines is 1. The van der Waals surface area contributed by atoms with E-state index in [0.717, 1.165) is 17.9 Å². The SMILES string of the molecule is Cc1n[nH]c(C)c1CNC(C)c1ccc(C(C)C)cc1. The number of nitrogens with zero attached hydrogens (tertiary/aromatic N) is 1. The summed E-state index contributed by atoms with van der Waals surface area (Å²) in [6, 6.07) is 9.24. The quantitative estimate of drug-likeness (QED) is 0.863. The lowest BCUT2D eigenvalue weighted by Crippen LogP contribution is -2.18. The number of hydrogen-bond acceptors (Lipinski definition) is 2. The van der Waals surface area contributed by atoms with Crippen molar-refractivity contribution in [3.8, 4) is 0 Å². The Morgan fingerprint density at radius 2 is 1.65 bits per heavy atom. The molecule has 0 aliphatic rings. The van der Waals surface area contributed by atoms with E-state index in [1.54, 1.807) is 0 Å². The summed E-state index contributed by atoms with van der Waals surface area (Å²) in [4.78, 5) is 0. The van der Waals surface area contributed by atoms with Gasteiger partial charge in [0.25, 0.3) is 0 Å². The third-order valence-electron chi connectivity index (χ3n) is 3.97. The van der Waals surface area contributed by atoms with E-state index in [1.165, 1.54) is 16.7 Å². The highest BCUT2D eigenvalue weighted by Crippen LogP contribution is 2.19. The third-order valence-corrected chi connectivity index (χ3v) is 3.97. The second-order valence-corrected chi connectivity index (χ2v) is 5.84. The van der Waals surface area contributed by atoms with Crippen LogP contribution in [-0.4, -0.2) is 10.2 Å². The highest BCUT2D eigenvalue weighted by atomic mass is 15.1. The van der Waals surface area contributed by atoms with Crippen molar-refractivity contribution in [2.75, 3.05) is 0 Å². The summed E-state index contributed by atoms with van der Waals surface area (Å²) in [5.74, 6) is 0.587. The molecule has 20 heavy (non-hydrogen) atoms. The van der Waals surface area contributed by atoms with Gasteiger partial charge in [0.05, 0.1) is 5.69 Å². The molecule has 1 heterocycles. The maximum Gasteiger partial charge on any atom is 0.0638 e. The molecule has 0 spiro atoms. The van der Waals surface area contributed by atoms with Crippen LogP contribution in [0.5, 0.6) is 0 Å². The Morgan fingerprint density at radius 3 is 2.15 bits per heavy atom. The average molecular weight is 271 g/mol. The topological polar surface area (TPSA) is 40.7 Å². The van der Waals surface area contributed by atoms with Crippen molar-refractivity contribution in [3.05, 3.63) is 52.3 Å². The average Bonchev–Trinajstić information content (AvgIpc) is 2.75. The van der Waals surface area contributed by atoms with Gasteiger partial charge in [0.1, 0.15) is 0 Å². The maximum absolute atomic E-state index is 4.23. The smallest absolute Gasteiger partial charge is 0.0638 e. The number of hydrogen-bond donors (Lipinski definition) is 2. The lowest BCUT2D eigenvalue weighted by molar-refractivity contribution is 0.572. The van der Waals surface area contributed by atoms with E-state index in [1.807, 2.05) is 6.92 Å². The summed E-state index contributed by atoms with van der Waals surface area (Å²) in [5.41, 5.74) is 6.22. The maximum atomic E-state index is 4.23. The van der Waals surface area contributed by atoms with E-state index in [2.05, 4.69) is 67.5 Å². The summed E-state index contributed by atoms with van der Waals surface area (Å²) >= 11 is 0. The van der Waals surface area contributed by atoms with Crippen LogP contribution in [-0.2, 0) is 6.54 Å². The van der Waals surface area contributed by atoms with Gasteiger partial charge in [-0.1, -0.05) is 38.1 Å². The van der Waals surface area contributed by atoms with Crippen molar-refractivity contribution >= 4 is 0 Å². The standard InChI is InChI=1S/C17H25N3/c1-11(2)15-6-8-16(9-7-15)12(3)18-10-17-13(4)19-20-14(17)5/h6-9,11-12,18H,10H2,1-5H3,(H,19,20). The summed E-state index contributed by atoms with van der Waals surface area (Å²) < 4.78 is 0. The van der Waals surface area contributed by atoms with Crippen molar-refractivity contribution in [2.45, 2.75) is 53.1 Å². The first-order chi connectivity index (χ1) is 9.49. The molecule has 0 saturated carbocycles. The molecule has 108 valence electrons. The van der Waals surface area contributed by atoms with Gasteiger partial charge in [-0.25, -0.2) is 0 Å². The molecule has 3 nitrogen and oxygen atoms in total. The molecular formula is C17H25N3. The fourth-order valence-corrected chi connectivity index (χ4v) is 2.38. The molecule has 0 radical (unpaired) electrons. The third kappa shape index (κ3) is 3.28. The van der Waals surface area contributed by atoms with Crippen molar-refractivity contribution in [3.63, 3.8) is 0 Å². The molecule has 1 unspecified atom stereocenters. The zero-order valence-electron chi connectivity index (χ0n) is 13.1. The highest BCUT2D eigenvalue weighted by Gasteiger charge is 2.09. The fourth-order valence-electron chi connectivity index (χ4n) is 2.38. The lowest BCUT2D eigenvalue weighted by atomic mass is 9.99. The molecule has 0 fully saturated rings. The Kier molecular flexibility index (Phi) is 4.61. The summed E-state index contributed by atoms with van der Waals surface area (Å²) in [6.45, 7) is 11.6. The van der Waals surface area contributed by atoms with Crippen LogP contribution in [0, 0.1) is 13.8 Å². The van der Waals surface area contributed by atoms with Crippen LogP contribution in [0.4, 0.5) is 0 Å². The van der Waals surface area contributed by atoms with E-state index in [0.29, 0.717) is 12.0 Å². The molecule has 2 aromatic rings. The predicted molar refractivity (Wildman–Crippen MR) is 83.8 cm³/mol. The van der Waals surface area contributed by atoms with Crippen LogP contribution < -0.4 is 5.32 Å². The first-order valence-electron chi connectivity index (χ1n) is 7.32. The second kappa shape index (κ2) is 6.23. The van der Waals surface area contributed by atoms with Crippen LogP contribution in [0.15, 0.2) is 24.3 Å². The monoisotopic (exact) mass is 271 g/mol. The first-order valence-corrected chi connectivity index (χ1v) is 7.32. The largest absolute Gasteiger partial charge is 0.306 e. The lowest BCUT2D eigenvalue weighted by Gasteiger charge is -2.15. The van der Waals surface area contributed by atoms with Gasteiger partial charge in [0, 0.05) is 23.8 Å². The fraction of sp³-hybridized carbons (Fsp3) is 0.471. The van der Waals surface area contributed by atoms with Gasteiger partial charge in [-0.05, 0) is 37.8 Å². The van der Waals surface area contributed by atoms with Crippen LogP contribution >= 0.6 is 0 Å². The Balaban J connectivity index is 2.00. The predicted octanol–water partition coefficient (Wildman–Crippen LogP) is 4.00. The Hall–Kier alpha value is -1.61. The number of rotatable bonds is 5. The molecule has 0 aliphatic carbocycles. The zero-order valence-corrected chi connectivity index (χ0v) is 13.1. The highest BCUT2D eigenvalue weighted by molar-refractivity contribution is 5.27. The Morgan fingerprint density at radius 1 is 1.05 bits per heavy atom. The summed E-state index contributed by atoms with van der Waals surface area (Å²) in [7, 11) is 0. The van der Waals surface area contributed by atoms with Crippen molar-refractivity contribution in [1.82, 2.24) is 15.5 Å². The molecule has 0 aliphatic heterocycles. The molecule has 0 saturated heterocycles. The zero-order chi connectivity index (χ0) is 14.7. The Labute approximate surface area is 121 Å². The van der Waals surface area contributed by atoms with Gasteiger partial charge >= 0.3 is 0 Å². The van der Waals surface area contributed by atoms with Crippen LogP contribution in [0.2, 0.25) is 0 Å².